The topological polar surface area (TPSA) is 84.7 Å². The highest BCUT2D eigenvalue weighted by atomic mass is 19.4. The summed E-state index contributed by atoms with van der Waals surface area (Å²) in [5, 5.41) is 7.17. The van der Waals surface area contributed by atoms with Crippen molar-refractivity contribution in [2.45, 2.75) is 69.3 Å². The van der Waals surface area contributed by atoms with E-state index in [2.05, 4.69) is 42.0 Å². The Morgan fingerprint density at radius 2 is 1.65 bits per heavy atom. The van der Waals surface area contributed by atoms with Crippen LogP contribution in [0.3, 0.4) is 0 Å². The first-order valence-electron chi connectivity index (χ1n) is 15.9. The van der Waals surface area contributed by atoms with Gasteiger partial charge in [0.15, 0.2) is 0 Å². The fourth-order valence-electron chi connectivity index (χ4n) is 7.25. The first kappa shape index (κ1) is 29.1. The third kappa shape index (κ3) is 4.93. The van der Waals surface area contributed by atoms with Crippen LogP contribution >= 0.6 is 0 Å². The molecular weight excluding hydrogens is 587 g/mol. The van der Waals surface area contributed by atoms with Crippen molar-refractivity contribution in [3.05, 3.63) is 101 Å². The fourth-order valence-corrected chi connectivity index (χ4v) is 7.25. The van der Waals surface area contributed by atoms with E-state index in [0.717, 1.165) is 74.6 Å². The third-order valence-electron chi connectivity index (χ3n) is 10.1. The van der Waals surface area contributed by atoms with E-state index >= 15 is 0 Å². The smallest absolute Gasteiger partial charge is 0.372 e. The van der Waals surface area contributed by atoms with Crippen LogP contribution in [0.4, 0.5) is 13.2 Å². The largest absolute Gasteiger partial charge is 0.416 e. The second-order valence-electron chi connectivity index (χ2n) is 13.5. The van der Waals surface area contributed by atoms with Gasteiger partial charge in [-0.25, -0.2) is 0 Å². The zero-order valence-electron chi connectivity index (χ0n) is 25.8. The first-order valence-corrected chi connectivity index (χ1v) is 15.9. The van der Waals surface area contributed by atoms with Gasteiger partial charge in [-0.05, 0) is 74.1 Å². The molecule has 8 rings (SSSR count). The number of halogens is 3. The molecule has 46 heavy (non-hydrogen) atoms. The summed E-state index contributed by atoms with van der Waals surface area (Å²) in [7, 11) is 0. The normalized spacial score (nSPS) is 21.3. The van der Waals surface area contributed by atoms with Gasteiger partial charge >= 0.3 is 6.18 Å². The number of rotatable bonds is 6. The van der Waals surface area contributed by atoms with Crippen molar-refractivity contribution in [3.63, 3.8) is 0 Å². The number of aromatic amines is 2. The molecule has 0 spiro atoms. The van der Waals surface area contributed by atoms with Crippen LogP contribution in [0.25, 0.3) is 44.3 Å². The summed E-state index contributed by atoms with van der Waals surface area (Å²) < 4.78 is 50.0. The van der Waals surface area contributed by atoms with Gasteiger partial charge < -0.3 is 20.4 Å². The van der Waals surface area contributed by atoms with Crippen LogP contribution in [0.15, 0.2) is 78.9 Å². The second-order valence-corrected chi connectivity index (χ2v) is 13.5. The summed E-state index contributed by atoms with van der Waals surface area (Å²) in [5.41, 5.74) is 13.5. The predicted octanol–water partition coefficient (Wildman–Crippen LogP) is 8.81. The minimum absolute atomic E-state index is 0.278. The Morgan fingerprint density at radius 3 is 2.37 bits per heavy atom. The maximum Gasteiger partial charge on any atom is 0.416 e. The number of nitrogens with one attached hydrogen (secondary N) is 2. The quantitative estimate of drug-likeness (QED) is 0.173. The summed E-state index contributed by atoms with van der Waals surface area (Å²) in [6, 6.07) is 23.9. The van der Waals surface area contributed by atoms with E-state index in [0.29, 0.717) is 31.6 Å². The van der Waals surface area contributed by atoms with Gasteiger partial charge in [0.2, 0.25) is 0 Å². The number of alkyl halides is 3. The van der Waals surface area contributed by atoms with Crippen molar-refractivity contribution in [1.82, 2.24) is 19.7 Å². The highest BCUT2D eigenvalue weighted by molar-refractivity contribution is 5.98. The molecule has 9 heteroatoms. The Bertz CT molecular complexity index is 2100. The summed E-state index contributed by atoms with van der Waals surface area (Å²) in [6.07, 6.45) is -1.48. The average molecular weight is 624 g/mol. The SMILES string of the molecule is Cc1c(-c2cc(C3CC(C)(c4[nH]c5ccccc5c4-c4cccc(C(F)(F)F)c4)CCO3)n(CC3(N)CC3)n2)[nH]c2ccccc12. The van der Waals surface area contributed by atoms with E-state index in [-0.39, 0.29) is 11.6 Å². The molecule has 2 aliphatic rings. The zero-order valence-corrected chi connectivity index (χ0v) is 25.8. The number of ether oxygens (including phenoxy) is 1. The molecule has 1 aliphatic heterocycles. The van der Waals surface area contributed by atoms with Gasteiger partial charge in [-0.3, -0.25) is 4.68 Å². The minimum atomic E-state index is -4.43. The molecule has 236 valence electrons. The summed E-state index contributed by atoms with van der Waals surface area (Å²) in [4.78, 5) is 7.20. The van der Waals surface area contributed by atoms with E-state index in [1.807, 2.05) is 41.1 Å². The molecule has 6 nitrogen and oxygen atoms in total. The predicted molar refractivity (Wildman–Crippen MR) is 174 cm³/mol. The number of nitrogens with two attached hydrogens (primary N) is 1. The zero-order chi connectivity index (χ0) is 31.8. The molecule has 1 saturated heterocycles. The van der Waals surface area contributed by atoms with Gasteiger partial charge in [0.1, 0.15) is 11.8 Å². The van der Waals surface area contributed by atoms with E-state index in [1.54, 1.807) is 6.07 Å². The molecule has 3 aromatic heterocycles. The van der Waals surface area contributed by atoms with Crippen LogP contribution in [0, 0.1) is 6.92 Å². The van der Waals surface area contributed by atoms with Gasteiger partial charge in [0.05, 0.1) is 23.5 Å². The van der Waals surface area contributed by atoms with Crippen molar-refractivity contribution in [3.8, 4) is 22.5 Å². The van der Waals surface area contributed by atoms with E-state index in [9.17, 15) is 13.2 Å². The number of hydrogen-bond acceptors (Lipinski definition) is 3. The molecule has 3 aromatic carbocycles. The molecule has 2 unspecified atom stereocenters. The van der Waals surface area contributed by atoms with E-state index < -0.39 is 17.2 Å². The van der Waals surface area contributed by atoms with Gasteiger partial charge in [-0.15, -0.1) is 0 Å². The van der Waals surface area contributed by atoms with Crippen LogP contribution in [0.5, 0.6) is 0 Å². The maximum absolute atomic E-state index is 13.8. The molecule has 1 aliphatic carbocycles. The van der Waals surface area contributed by atoms with Gasteiger partial charge in [0.25, 0.3) is 0 Å². The van der Waals surface area contributed by atoms with E-state index in [4.69, 9.17) is 15.6 Å². The van der Waals surface area contributed by atoms with Crippen LogP contribution in [-0.4, -0.2) is 31.9 Å². The number of hydrogen-bond donors (Lipinski definition) is 3. The second kappa shape index (κ2) is 10.3. The summed E-state index contributed by atoms with van der Waals surface area (Å²) in [5.74, 6) is 0. The highest BCUT2D eigenvalue weighted by Gasteiger charge is 2.43. The maximum atomic E-state index is 13.8. The molecular formula is C37H36F3N5O. The van der Waals surface area contributed by atoms with Crippen LogP contribution in [0.1, 0.15) is 61.2 Å². The van der Waals surface area contributed by atoms with Crippen LogP contribution < -0.4 is 5.73 Å². The number of fused-ring (bicyclic) bond motifs is 2. The van der Waals surface area contributed by atoms with Gasteiger partial charge in [-0.1, -0.05) is 55.5 Å². The summed E-state index contributed by atoms with van der Waals surface area (Å²) >= 11 is 0. The number of H-pyrrole nitrogens is 2. The van der Waals surface area contributed by atoms with Gasteiger partial charge in [-0.2, -0.15) is 18.3 Å². The van der Waals surface area contributed by atoms with E-state index in [1.165, 1.54) is 12.1 Å². The van der Waals surface area contributed by atoms with Crippen molar-refractivity contribution in [2.24, 2.45) is 5.73 Å². The molecule has 0 radical (unpaired) electrons. The number of aryl methyl sites for hydroxylation is 1. The highest BCUT2D eigenvalue weighted by Crippen LogP contribution is 2.49. The number of para-hydroxylation sites is 2. The Morgan fingerprint density at radius 1 is 0.935 bits per heavy atom. The van der Waals surface area contributed by atoms with Crippen molar-refractivity contribution in [2.75, 3.05) is 6.61 Å². The lowest BCUT2D eigenvalue weighted by atomic mass is 9.74. The Labute approximate surface area is 264 Å². The fraction of sp³-hybridized carbons (Fsp3) is 0.324. The lowest BCUT2D eigenvalue weighted by Crippen LogP contribution is -2.35. The minimum Gasteiger partial charge on any atom is -0.372 e. The molecule has 4 heterocycles. The monoisotopic (exact) mass is 623 g/mol. The number of aromatic nitrogens is 4. The average Bonchev–Trinajstić information content (AvgIpc) is 3.34. The Balaban J connectivity index is 1.22. The van der Waals surface area contributed by atoms with Gasteiger partial charge in [0, 0.05) is 50.6 Å². The van der Waals surface area contributed by atoms with Crippen LogP contribution in [-0.2, 0) is 22.9 Å². The Hall–Kier alpha value is -4.34. The van der Waals surface area contributed by atoms with Crippen molar-refractivity contribution in [1.29, 1.82) is 0 Å². The van der Waals surface area contributed by atoms with Crippen LogP contribution in [0.2, 0.25) is 0 Å². The molecule has 0 bridgehead atoms. The molecule has 2 atom stereocenters. The molecule has 6 aromatic rings. The molecule has 0 amide bonds. The lowest BCUT2D eigenvalue weighted by molar-refractivity contribution is -0.137. The Kier molecular flexibility index (Phi) is 6.54. The molecule has 4 N–H and O–H groups in total. The number of nitrogens with zero attached hydrogens (tertiary/aromatic N) is 2. The molecule has 2 fully saturated rings. The van der Waals surface area contributed by atoms with Crippen molar-refractivity contribution < 1.29 is 17.9 Å². The summed E-state index contributed by atoms with van der Waals surface area (Å²) in [6.45, 7) is 5.40. The van der Waals surface area contributed by atoms with Crippen molar-refractivity contribution >= 4 is 21.8 Å². The molecule has 1 saturated carbocycles. The number of benzene rings is 3. The first-order chi connectivity index (χ1) is 22.0. The lowest BCUT2D eigenvalue weighted by Gasteiger charge is -2.39. The third-order valence-corrected chi connectivity index (χ3v) is 10.1. The standard InChI is InChI=1S/C37H36F3N5O/c1-22-25-10-3-5-12-27(25)42-33(22)29-19-30(45(44-29)21-36(41)14-15-36)31-20-35(2,16-17-46-31)34-32(26-11-4-6-13-28(26)43-34)23-8-7-9-24(18-23)37(38,39)40/h3-13,18-19,31,42-43H,14-17,20-21,41H2,1-2H3.